The molecule has 1 saturated carbocycles. The van der Waals surface area contributed by atoms with E-state index in [-0.39, 0.29) is 5.69 Å². The maximum absolute atomic E-state index is 10.9. The Morgan fingerprint density at radius 3 is 2.60 bits per heavy atom. The minimum atomic E-state index is -0.566. The molecule has 0 amide bonds. The van der Waals surface area contributed by atoms with Gasteiger partial charge in [0.2, 0.25) is 0 Å². The number of carbonyl (C=O) groups excluding carboxylic acids is 1. The van der Waals surface area contributed by atoms with Crippen LogP contribution in [-0.4, -0.2) is 11.2 Å². The number of nitrogens with zero attached hydrogens (tertiary/aromatic N) is 1. The summed E-state index contributed by atoms with van der Waals surface area (Å²) in [5.74, 6) is 0. The van der Waals surface area contributed by atoms with Crippen LogP contribution in [-0.2, 0) is 10.2 Å². The van der Waals surface area contributed by atoms with Crippen molar-refractivity contribution in [2.45, 2.75) is 18.3 Å². The number of rotatable bonds is 3. The Morgan fingerprint density at radius 2 is 2.13 bits per heavy atom. The summed E-state index contributed by atoms with van der Waals surface area (Å²) >= 11 is 5.92. The molecule has 15 heavy (non-hydrogen) atoms. The fourth-order valence-electron chi connectivity index (χ4n) is 1.59. The molecule has 0 aromatic heterocycles. The van der Waals surface area contributed by atoms with Crippen LogP contribution in [0, 0.1) is 10.1 Å². The number of benzene rings is 1. The summed E-state index contributed by atoms with van der Waals surface area (Å²) in [6.45, 7) is 0. The average Bonchev–Trinajstić information content (AvgIpc) is 2.99. The van der Waals surface area contributed by atoms with Gasteiger partial charge in [-0.2, -0.15) is 0 Å². The second-order valence-electron chi connectivity index (χ2n) is 3.70. The maximum atomic E-state index is 10.9. The van der Waals surface area contributed by atoms with Crippen molar-refractivity contribution in [2.24, 2.45) is 0 Å². The van der Waals surface area contributed by atoms with Crippen LogP contribution in [0.25, 0.3) is 0 Å². The molecule has 4 nitrogen and oxygen atoms in total. The third-order valence-electron chi connectivity index (χ3n) is 2.71. The third-order valence-corrected chi connectivity index (χ3v) is 3.04. The quantitative estimate of drug-likeness (QED) is 0.451. The van der Waals surface area contributed by atoms with Crippen LogP contribution >= 0.6 is 11.6 Å². The molecule has 0 bridgehead atoms. The molecule has 0 aliphatic heterocycles. The van der Waals surface area contributed by atoms with E-state index < -0.39 is 10.3 Å². The summed E-state index contributed by atoms with van der Waals surface area (Å²) in [5.41, 5.74) is -0.0146. The first-order chi connectivity index (χ1) is 7.09. The van der Waals surface area contributed by atoms with E-state index in [0.717, 1.165) is 19.1 Å². The predicted molar refractivity (Wildman–Crippen MR) is 55.1 cm³/mol. The predicted octanol–water partition coefficient (Wildman–Crippen LogP) is 2.48. The van der Waals surface area contributed by atoms with E-state index in [4.69, 9.17) is 11.6 Å². The molecule has 2 rings (SSSR count). The Bertz CT molecular complexity index is 440. The zero-order valence-corrected chi connectivity index (χ0v) is 8.53. The molecule has 1 aromatic rings. The van der Waals surface area contributed by atoms with Crippen molar-refractivity contribution in [3.05, 3.63) is 38.9 Å². The lowest BCUT2D eigenvalue weighted by Crippen LogP contribution is -2.09. The van der Waals surface area contributed by atoms with Crippen molar-refractivity contribution in [3.8, 4) is 0 Å². The van der Waals surface area contributed by atoms with Crippen molar-refractivity contribution < 1.29 is 9.72 Å². The highest BCUT2D eigenvalue weighted by Crippen LogP contribution is 2.49. The normalized spacial score (nSPS) is 17.1. The van der Waals surface area contributed by atoms with Gasteiger partial charge in [-0.05, 0) is 24.5 Å². The molecule has 1 aromatic carbocycles. The molecule has 0 radical (unpaired) electrons. The summed E-state index contributed by atoms with van der Waals surface area (Å²) in [5, 5.41) is 11.0. The first kappa shape index (κ1) is 10.1. The van der Waals surface area contributed by atoms with Crippen LogP contribution in [0.2, 0.25) is 5.02 Å². The Balaban J connectivity index is 2.50. The molecule has 0 atom stereocenters. The Kier molecular flexibility index (Phi) is 2.23. The Hall–Kier alpha value is -1.42. The van der Waals surface area contributed by atoms with Gasteiger partial charge in [0.05, 0.1) is 10.3 Å². The van der Waals surface area contributed by atoms with Gasteiger partial charge in [0, 0.05) is 17.2 Å². The van der Waals surface area contributed by atoms with Crippen LogP contribution in [0.1, 0.15) is 18.4 Å². The monoisotopic (exact) mass is 225 g/mol. The fraction of sp³-hybridized carbons (Fsp3) is 0.300. The molecule has 0 N–H and O–H groups in total. The Labute approximate surface area is 91.0 Å². The molecule has 1 aliphatic carbocycles. The van der Waals surface area contributed by atoms with E-state index in [1.165, 1.54) is 18.2 Å². The number of hydrogen-bond acceptors (Lipinski definition) is 3. The summed E-state index contributed by atoms with van der Waals surface area (Å²) in [7, 11) is 0. The number of aldehydes is 1. The lowest BCUT2D eigenvalue weighted by molar-refractivity contribution is -0.384. The van der Waals surface area contributed by atoms with E-state index in [0.29, 0.717) is 10.6 Å². The first-order valence-corrected chi connectivity index (χ1v) is 4.88. The number of nitro benzene ring substituents is 1. The van der Waals surface area contributed by atoms with Gasteiger partial charge in [0.15, 0.2) is 0 Å². The lowest BCUT2D eigenvalue weighted by Gasteiger charge is -2.08. The van der Waals surface area contributed by atoms with Crippen molar-refractivity contribution in [1.29, 1.82) is 0 Å². The molecule has 0 spiro atoms. The molecule has 0 saturated heterocycles. The van der Waals surface area contributed by atoms with E-state index in [1.54, 1.807) is 0 Å². The first-order valence-electron chi connectivity index (χ1n) is 4.50. The van der Waals surface area contributed by atoms with Crippen LogP contribution < -0.4 is 0 Å². The zero-order valence-electron chi connectivity index (χ0n) is 7.77. The summed E-state index contributed by atoms with van der Waals surface area (Å²) in [6.07, 6.45) is 2.27. The second-order valence-corrected chi connectivity index (χ2v) is 4.10. The summed E-state index contributed by atoms with van der Waals surface area (Å²) < 4.78 is 0. The average molecular weight is 226 g/mol. The molecular formula is C10H8ClNO3. The number of halogens is 1. The highest BCUT2D eigenvalue weighted by atomic mass is 35.5. The van der Waals surface area contributed by atoms with Crippen molar-refractivity contribution in [1.82, 2.24) is 0 Å². The highest BCUT2D eigenvalue weighted by Gasteiger charge is 2.46. The van der Waals surface area contributed by atoms with E-state index >= 15 is 0 Å². The van der Waals surface area contributed by atoms with Gasteiger partial charge in [-0.1, -0.05) is 11.6 Å². The topological polar surface area (TPSA) is 60.2 Å². The molecule has 0 unspecified atom stereocenters. The van der Waals surface area contributed by atoms with Gasteiger partial charge in [0.25, 0.3) is 5.69 Å². The van der Waals surface area contributed by atoms with Crippen molar-refractivity contribution in [2.75, 3.05) is 0 Å². The van der Waals surface area contributed by atoms with Crippen LogP contribution in [0.5, 0.6) is 0 Å². The maximum Gasteiger partial charge on any atom is 0.269 e. The standard InChI is InChI=1S/C10H8ClNO3/c11-9-2-1-7(12(14)15)5-8(9)10(6-13)3-4-10/h1-2,5-6H,3-4H2. The highest BCUT2D eigenvalue weighted by molar-refractivity contribution is 6.31. The van der Waals surface area contributed by atoms with E-state index in [9.17, 15) is 14.9 Å². The molecule has 5 heteroatoms. The van der Waals surface area contributed by atoms with Gasteiger partial charge in [0.1, 0.15) is 6.29 Å². The number of non-ortho nitro benzene ring substituents is 1. The van der Waals surface area contributed by atoms with Gasteiger partial charge in [-0.3, -0.25) is 10.1 Å². The SMILES string of the molecule is O=CC1(c2cc([N+](=O)[O-])ccc2Cl)CC1. The van der Waals surface area contributed by atoms with E-state index in [2.05, 4.69) is 0 Å². The number of carbonyl (C=O) groups is 1. The van der Waals surface area contributed by atoms with Gasteiger partial charge < -0.3 is 4.79 Å². The molecule has 1 aliphatic rings. The van der Waals surface area contributed by atoms with E-state index in [1.807, 2.05) is 0 Å². The summed E-state index contributed by atoms with van der Waals surface area (Å²) in [6, 6.07) is 4.20. The lowest BCUT2D eigenvalue weighted by atomic mass is 9.97. The molecular weight excluding hydrogens is 218 g/mol. The minimum absolute atomic E-state index is 0.0254. The fourth-order valence-corrected chi connectivity index (χ4v) is 1.90. The van der Waals surface area contributed by atoms with Gasteiger partial charge >= 0.3 is 0 Å². The molecule has 78 valence electrons. The van der Waals surface area contributed by atoms with Crippen LogP contribution in [0.3, 0.4) is 0 Å². The van der Waals surface area contributed by atoms with Crippen LogP contribution in [0.15, 0.2) is 18.2 Å². The number of nitro groups is 1. The van der Waals surface area contributed by atoms with Gasteiger partial charge in [-0.25, -0.2) is 0 Å². The van der Waals surface area contributed by atoms with Crippen LogP contribution in [0.4, 0.5) is 5.69 Å². The zero-order chi connectivity index (χ0) is 11.1. The van der Waals surface area contributed by atoms with Crippen molar-refractivity contribution in [3.63, 3.8) is 0 Å². The van der Waals surface area contributed by atoms with Crippen molar-refractivity contribution >= 4 is 23.6 Å². The Morgan fingerprint density at radius 1 is 1.47 bits per heavy atom. The van der Waals surface area contributed by atoms with Gasteiger partial charge in [-0.15, -0.1) is 0 Å². The third kappa shape index (κ3) is 1.61. The smallest absolute Gasteiger partial charge is 0.269 e. The number of hydrogen-bond donors (Lipinski definition) is 0. The summed E-state index contributed by atoms with van der Waals surface area (Å²) in [4.78, 5) is 21.0. The second kappa shape index (κ2) is 3.31. The molecule has 1 fully saturated rings. The largest absolute Gasteiger partial charge is 0.302 e. The minimum Gasteiger partial charge on any atom is -0.302 e. The molecule has 0 heterocycles.